The fourth-order valence-corrected chi connectivity index (χ4v) is 3.89. The van der Waals surface area contributed by atoms with Crippen molar-refractivity contribution in [1.29, 1.82) is 0 Å². The molecule has 0 aromatic heterocycles. The monoisotopic (exact) mass is 422 g/mol. The molecule has 0 radical (unpaired) electrons. The van der Waals surface area contributed by atoms with E-state index in [0.29, 0.717) is 12.3 Å². The highest BCUT2D eigenvalue weighted by Crippen LogP contribution is 2.38. The molecule has 1 saturated carbocycles. The van der Waals surface area contributed by atoms with Crippen molar-refractivity contribution in [3.8, 4) is 12.3 Å². The number of hydrogen-bond acceptors (Lipinski definition) is 0. The minimum atomic E-state index is 0.691. The summed E-state index contributed by atoms with van der Waals surface area (Å²) in [5.74, 6) is 3.45. The molecule has 0 bridgehead atoms. The first-order valence-corrected chi connectivity index (χ1v) is 11.0. The highest BCUT2D eigenvalue weighted by Gasteiger charge is 2.24. The smallest absolute Gasteiger partial charge is 0.0308 e. The molecule has 142 valence electrons. The Kier molecular flexibility index (Phi) is 8.89. The van der Waals surface area contributed by atoms with Crippen LogP contribution in [0.2, 0.25) is 0 Å². The number of aryl methyl sites for hydroxylation is 1. The zero-order valence-electron chi connectivity index (χ0n) is 16.9. The molecule has 2 rings (SSSR count). The SMILES string of the molecule is C#CC\C(=C/C=C(C)/C(/C=C\C)=C(/Cc1ccccc1C)C1CCC1)CBr. The Morgan fingerprint density at radius 2 is 2.00 bits per heavy atom. The van der Waals surface area contributed by atoms with Gasteiger partial charge in [-0.2, -0.15) is 0 Å². The van der Waals surface area contributed by atoms with Gasteiger partial charge in [-0.1, -0.05) is 76.5 Å². The quantitative estimate of drug-likeness (QED) is 0.231. The summed E-state index contributed by atoms with van der Waals surface area (Å²) in [6.45, 7) is 6.55. The largest absolute Gasteiger partial charge is 0.120 e. The number of terminal acetylenes is 1. The first-order valence-electron chi connectivity index (χ1n) is 9.87. The van der Waals surface area contributed by atoms with Crippen molar-refractivity contribution in [3.05, 3.63) is 82.0 Å². The molecule has 1 fully saturated rings. The second kappa shape index (κ2) is 11.2. The van der Waals surface area contributed by atoms with Gasteiger partial charge in [0.05, 0.1) is 0 Å². The number of rotatable bonds is 8. The molecule has 0 nitrogen and oxygen atoms in total. The molecule has 1 aromatic rings. The maximum absolute atomic E-state index is 5.48. The second-order valence-corrected chi connectivity index (χ2v) is 7.92. The Morgan fingerprint density at radius 1 is 1.26 bits per heavy atom. The second-order valence-electron chi connectivity index (χ2n) is 7.36. The number of allylic oxidation sites excluding steroid dienone is 8. The molecule has 0 heterocycles. The maximum atomic E-state index is 5.48. The number of alkyl halides is 1. The van der Waals surface area contributed by atoms with E-state index in [2.05, 4.69) is 91.2 Å². The minimum Gasteiger partial charge on any atom is -0.120 e. The Balaban J connectivity index is 2.46. The standard InChI is InChI=1S/C26H31Br/c1-5-10-22(19-27)17-16-21(4)25(11-6-2)26(23-14-9-15-23)18-24-13-8-7-12-20(24)3/h1,6-8,11-13,16-17,23H,9-10,14-15,18-19H2,2-4H3/b11-6-,21-16+,22-17+,26-25-. The Labute approximate surface area is 174 Å². The highest BCUT2D eigenvalue weighted by molar-refractivity contribution is 9.09. The zero-order valence-corrected chi connectivity index (χ0v) is 18.5. The van der Waals surface area contributed by atoms with Crippen molar-refractivity contribution in [2.24, 2.45) is 5.92 Å². The predicted molar refractivity (Wildman–Crippen MR) is 123 cm³/mol. The number of benzene rings is 1. The molecular weight excluding hydrogens is 392 g/mol. The molecular formula is C26H31Br. The Morgan fingerprint density at radius 3 is 2.56 bits per heavy atom. The highest BCUT2D eigenvalue weighted by atomic mass is 79.9. The predicted octanol–water partition coefficient (Wildman–Crippen LogP) is 7.50. The third kappa shape index (κ3) is 6.12. The molecule has 27 heavy (non-hydrogen) atoms. The van der Waals surface area contributed by atoms with E-state index in [9.17, 15) is 0 Å². The average Bonchev–Trinajstić information content (AvgIpc) is 2.62. The van der Waals surface area contributed by atoms with E-state index in [0.717, 1.165) is 11.8 Å². The summed E-state index contributed by atoms with van der Waals surface area (Å²) in [6, 6.07) is 8.78. The van der Waals surface area contributed by atoms with Crippen LogP contribution in [0.5, 0.6) is 0 Å². The lowest BCUT2D eigenvalue weighted by atomic mass is 9.74. The fraction of sp³-hybridized carbons (Fsp3) is 0.385. The van der Waals surface area contributed by atoms with Crippen LogP contribution < -0.4 is 0 Å². The summed E-state index contributed by atoms with van der Waals surface area (Å²) < 4.78 is 0. The summed E-state index contributed by atoms with van der Waals surface area (Å²) >= 11 is 3.54. The molecule has 1 aliphatic rings. The lowest BCUT2D eigenvalue weighted by molar-refractivity contribution is 0.361. The van der Waals surface area contributed by atoms with Crippen LogP contribution in [0.25, 0.3) is 0 Å². The average molecular weight is 423 g/mol. The van der Waals surface area contributed by atoms with Crippen molar-refractivity contribution in [2.75, 3.05) is 5.33 Å². The van der Waals surface area contributed by atoms with E-state index < -0.39 is 0 Å². The van der Waals surface area contributed by atoms with E-state index in [4.69, 9.17) is 6.42 Å². The first-order chi connectivity index (χ1) is 13.1. The topological polar surface area (TPSA) is 0 Å². The van der Waals surface area contributed by atoms with Gasteiger partial charge in [0.2, 0.25) is 0 Å². The molecule has 0 atom stereocenters. The molecule has 1 aromatic carbocycles. The molecule has 0 saturated heterocycles. The van der Waals surface area contributed by atoms with E-state index in [1.54, 1.807) is 5.57 Å². The third-order valence-electron chi connectivity index (χ3n) is 5.41. The zero-order chi connectivity index (χ0) is 19.6. The van der Waals surface area contributed by atoms with Crippen LogP contribution in [0.3, 0.4) is 0 Å². The molecule has 0 amide bonds. The van der Waals surface area contributed by atoms with Crippen LogP contribution in [0.15, 0.2) is 70.9 Å². The van der Waals surface area contributed by atoms with Crippen LogP contribution in [0.1, 0.15) is 50.7 Å². The van der Waals surface area contributed by atoms with Crippen molar-refractivity contribution >= 4 is 15.9 Å². The molecule has 0 unspecified atom stereocenters. The molecule has 0 spiro atoms. The Hall–Kier alpha value is -1.78. The van der Waals surface area contributed by atoms with Crippen LogP contribution in [0.4, 0.5) is 0 Å². The number of hydrogen-bond donors (Lipinski definition) is 0. The minimum absolute atomic E-state index is 0.691. The first kappa shape index (κ1) is 21.5. The summed E-state index contributed by atoms with van der Waals surface area (Å²) in [5, 5.41) is 0.822. The van der Waals surface area contributed by atoms with Crippen LogP contribution >= 0.6 is 15.9 Å². The lowest BCUT2D eigenvalue weighted by Crippen LogP contribution is -2.17. The molecule has 0 aliphatic heterocycles. The van der Waals surface area contributed by atoms with Gasteiger partial charge in [-0.05, 0) is 73.8 Å². The molecule has 1 aliphatic carbocycles. The van der Waals surface area contributed by atoms with Crippen LogP contribution in [-0.4, -0.2) is 5.33 Å². The Bertz CT molecular complexity index is 792. The van der Waals surface area contributed by atoms with Gasteiger partial charge in [0.1, 0.15) is 0 Å². The van der Waals surface area contributed by atoms with E-state index in [1.807, 2.05) is 0 Å². The van der Waals surface area contributed by atoms with Crippen LogP contribution in [0, 0.1) is 25.2 Å². The van der Waals surface area contributed by atoms with Gasteiger partial charge in [0, 0.05) is 11.8 Å². The van der Waals surface area contributed by atoms with Gasteiger partial charge in [-0.3, -0.25) is 0 Å². The van der Waals surface area contributed by atoms with Crippen LogP contribution in [-0.2, 0) is 6.42 Å². The molecule has 0 N–H and O–H groups in total. The lowest BCUT2D eigenvalue weighted by Gasteiger charge is -2.31. The van der Waals surface area contributed by atoms with Crippen molar-refractivity contribution < 1.29 is 0 Å². The van der Waals surface area contributed by atoms with Gasteiger partial charge in [0.25, 0.3) is 0 Å². The van der Waals surface area contributed by atoms with E-state index >= 15 is 0 Å². The summed E-state index contributed by atoms with van der Waals surface area (Å²) in [7, 11) is 0. The van der Waals surface area contributed by atoms with Gasteiger partial charge in [-0.25, -0.2) is 0 Å². The van der Waals surface area contributed by atoms with E-state index in [-0.39, 0.29) is 0 Å². The third-order valence-corrected chi connectivity index (χ3v) is 6.13. The number of halogens is 1. The van der Waals surface area contributed by atoms with Crippen molar-refractivity contribution in [1.82, 2.24) is 0 Å². The van der Waals surface area contributed by atoms with Crippen molar-refractivity contribution in [3.63, 3.8) is 0 Å². The van der Waals surface area contributed by atoms with Gasteiger partial charge in [0.15, 0.2) is 0 Å². The van der Waals surface area contributed by atoms with Gasteiger partial charge < -0.3 is 0 Å². The maximum Gasteiger partial charge on any atom is 0.0308 e. The summed E-state index contributed by atoms with van der Waals surface area (Å²) in [6.07, 6.45) is 20.1. The summed E-state index contributed by atoms with van der Waals surface area (Å²) in [4.78, 5) is 0. The normalized spacial score (nSPS) is 16.9. The molecule has 1 heteroatoms. The van der Waals surface area contributed by atoms with E-state index in [1.165, 1.54) is 47.1 Å². The van der Waals surface area contributed by atoms with Crippen molar-refractivity contribution in [2.45, 2.75) is 52.9 Å². The summed E-state index contributed by atoms with van der Waals surface area (Å²) in [5.41, 5.74) is 8.37. The van der Waals surface area contributed by atoms with Gasteiger partial charge >= 0.3 is 0 Å². The fourth-order valence-electron chi connectivity index (χ4n) is 3.50. The van der Waals surface area contributed by atoms with Gasteiger partial charge in [-0.15, -0.1) is 12.3 Å².